The van der Waals surface area contributed by atoms with Crippen LogP contribution in [0.4, 0.5) is 0 Å². The second-order valence-electron chi connectivity index (χ2n) is 5.64. The molecule has 0 saturated carbocycles. The molecule has 3 unspecified atom stereocenters. The van der Waals surface area contributed by atoms with Gasteiger partial charge in [-0.1, -0.05) is 20.8 Å². The van der Waals surface area contributed by atoms with Gasteiger partial charge >= 0.3 is 0 Å². The fraction of sp³-hybridized carbons (Fsp3) is 1.00. The van der Waals surface area contributed by atoms with E-state index in [0.29, 0.717) is 12.1 Å². The lowest BCUT2D eigenvalue weighted by atomic mass is 9.81. The highest BCUT2D eigenvalue weighted by Crippen LogP contribution is 2.27. The van der Waals surface area contributed by atoms with Gasteiger partial charge in [0.1, 0.15) is 0 Å². The van der Waals surface area contributed by atoms with Crippen molar-refractivity contribution in [3.63, 3.8) is 0 Å². The van der Waals surface area contributed by atoms with Crippen LogP contribution in [0.15, 0.2) is 0 Å². The Kier molecular flexibility index (Phi) is 6.23. The molecule has 0 radical (unpaired) electrons. The Balaban J connectivity index is 4.63. The SMILES string of the molecule is CSCC(C)N(C)C(C(C)N)C(C)(C)C. The van der Waals surface area contributed by atoms with E-state index in [4.69, 9.17) is 5.73 Å². The lowest BCUT2D eigenvalue weighted by Crippen LogP contribution is -2.55. The number of nitrogens with zero attached hydrogens (tertiary/aromatic N) is 1. The Morgan fingerprint density at radius 2 is 1.73 bits per heavy atom. The van der Waals surface area contributed by atoms with Gasteiger partial charge in [-0.15, -0.1) is 0 Å². The molecule has 0 rings (SSSR count). The van der Waals surface area contributed by atoms with Crippen LogP contribution in [0.3, 0.4) is 0 Å². The van der Waals surface area contributed by atoms with Crippen molar-refractivity contribution >= 4 is 11.8 Å². The average molecular weight is 232 g/mol. The minimum Gasteiger partial charge on any atom is -0.327 e. The quantitative estimate of drug-likeness (QED) is 0.789. The molecule has 2 nitrogen and oxygen atoms in total. The highest BCUT2D eigenvalue weighted by Gasteiger charge is 2.33. The smallest absolute Gasteiger partial charge is 0.0293 e. The minimum atomic E-state index is 0.208. The third-order valence-corrected chi connectivity index (χ3v) is 3.74. The van der Waals surface area contributed by atoms with E-state index in [2.05, 4.69) is 52.8 Å². The van der Waals surface area contributed by atoms with Crippen molar-refractivity contribution in [2.75, 3.05) is 19.1 Å². The summed E-state index contributed by atoms with van der Waals surface area (Å²) in [5, 5.41) is 0. The Bertz CT molecular complexity index is 175. The molecule has 0 heterocycles. The lowest BCUT2D eigenvalue weighted by Gasteiger charge is -2.43. The van der Waals surface area contributed by atoms with Gasteiger partial charge in [0.05, 0.1) is 0 Å². The topological polar surface area (TPSA) is 29.3 Å². The standard InChI is InChI=1S/C12H28N2S/c1-9(8-15-7)14(6)11(10(2)13)12(3,4)5/h9-11H,8,13H2,1-7H3. The van der Waals surface area contributed by atoms with Crippen LogP contribution in [0.25, 0.3) is 0 Å². The molecule has 0 amide bonds. The Hall–Kier alpha value is 0.270. The van der Waals surface area contributed by atoms with Crippen molar-refractivity contribution in [1.82, 2.24) is 4.90 Å². The number of likely N-dealkylation sites (N-methyl/N-ethyl adjacent to an activating group) is 1. The monoisotopic (exact) mass is 232 g/mol. The Morgan fingerprint density at radius 1 is 1.27 bits per heavy atom. The van der Waals surface area contributed by atoms with Crippen LogP contribution < -0.4 is 5.73 Å². The molecule has 0 aliphatic carbocycles. The highest BCUT2D eigenvalue weighted by molar-refractivity contribution is 7.98. The average Bonchev–Trinajstić information content (AvgIpc) is 2.00. The van der Waals surface area contributed by atoms with E-state index < -0.39 is 0 Å². The summed E-state index contributed by atoms with van der Waals surface area (Å²) in [6, 6.07) is 1.22. The van der Waals surface area contributed by atoms with Crippen LogP contribution in [0.5, 0.6) is 0 Å². The molecular weight excluding hydrogens is 204 g/mol. The maximum absolute atomic E-state index is 6.11. The third-order valence-electron chi connectivity index (χ3n) is 2.93. The van der Waals surface area contributed by atoms with E-state index in [1.165, 1.54) is 0 Å². The number of hydrogen-bond acceptors (Lipinski definition) is 3. The summed E-state index contributed by atoms with van der Waals surface area (Å²) in [5.74, 6) is 1.16. The van der Waals surface area contributed by atoms with Gasteiger partial charge in [-0.05, 0) is 32.6 Å². The second-order valence-corrected chi connectivity index (χ2v) is 6.55. The van der Waals surface area contributed by atoms with E-state index in [1.54, 1.807) is 0 Å². The van der Waals surface area contributed by atoms with Gasteiger partial charge in [0.2, 0.25) is 0 Å². The fourth-order valence-corrected chi connectivity index (χ4v) is 3.12. The molecule has 3 heteroatoms. The molecule has 0 bridgehead atoms. The van der Waals surface area contributed by atoms with Crippen molar-refractivity contribution in [2.24, 2.45) is 11.1 Å². The van der Waals surface area contributed by atoms with Gasteiger partial charge in [-0.3, -0.25) is 4.90 Å². The molecule has 15 heavy (non-hydrogen) atoms. The first kappa shape index (κ1) is 15.3. The Morgan fingerprint density at radius 3 is 2.00 bits per heavy atom. The van der Waals surface area contributed by atoms with Crippen molar-refractivity contribution in [2.45, 2.75) is 52.7 Å². The Labute approximate surface area is 100.0 Å². The molecule has 0 aromatic carbocycles. The van der Waals surface area contributed by atoms with Gasteiger partial charge in [-0.2, -0.15) is 11.8 Å². The largest absolute Gasteiger partial charge is 0.327 e. The van der Waals surface area contributed by atoms with Gasteiger partial charge in [-0.25, -0.2) is 0 Å². The highest BCUT2D eigenvalue weighted by atomic mass is 32.2. The molecule has 0 aliphatic heterocycles. The first-order valence-corrected chi connectivity index (χ1v) is 7.07. The zero-order chi connectivity index (χ0) is 12.2. The first-order valence-electron chi connectivity index (χ1n) is 5.68. The predicted octanol–water partition coefficient (Wildman–Crippen LogP) is 2.43. The first-order chi connectivity index (χ1) is 6.71. The fourth-order valence-electron chi connectivity index (χ4n) is 2.40. The van der Waals surface area contributed by atoms with E-state index in [9.17, 15) is 0 Å². The van der Waals surface area contributed by atoms with Gasteiger partial charge < -0.3 is 5.73 Å². The minimum absolute atomic E-state index is 0.208. The van der Waals surface area contributed by atoms with Crippen LogP contribution in [0, 0.1) is 5.41 Å². The van der Waals surface area contributed by atoms with Gasteiger partial charge in [0, 0.05) is 23.9 Å². The molecular formula is C12H28N2S. The van der Waals surface area contributed by atoms with E-state index in [0.717, 1.165) is 5.75 Å². The molecule has 92 valence electrons. The number of hydrogen-bond donors (Lipinski definition) is 1. The van der Waals surface area contributed by atoms with Crippen LogP contribution in [0.1, 0.15) is 34.6 Å². The molecule has 3 atom stereocenters. The molecule has 0 spiro atoms. The molecule has 0 fully saturated rings. The summed E-state index contributed by atoms with van der Waals surface area (Å²) in [6.45, 7) is 11.2. The second kappa shape index (κ2) is 6.12. The summed E-state index contributed by atoms with van der Waals surface area (Å²) in [6.07, 6.45) is 2.16. The van der Waals surface area contributed by atoms with Crippen molar-refractivity contribution in [3.05, 3.63) is 0 Å². The summed E-state index contributed by atoms with van der Waals surface area (Å²) in [4.78, 5) is 2.43. The van der Waals surface area contributed by atoms with Crippen LogP contribution >= 0.6 is 11.8 Å². The molecule has 0 aromatic rings. The van der Waals surface area contributed by atoms with Crippen molar-refractivity contribution in [1.29, 1.82) is 0 Å². The molecule has 2 N–H and O–H groups in total. The van der Waals surface area contributed by atoms with E-state index in [1.807, 2.05) is 11.8 Å². The maximum Gasteiger partial charge on any atom is 0.0293 e. The zero-order valence-corrected chi connectivity index (χ0v) is 12.2. The van der Waals surface area contributed by atoms with Gasteiger partial charge in [0.25, 0.3) is 0 Å². The van der Waals surface area contributed by atoms with Crippen molar-refractivity contribution < 1.29 is 0 Å². The van der Waals surface area contributed by atoms with Crippen molar-refractivity contribution in [3.8, 4) is 0 Å². The summed E-state index contributed by atoms with van der Waals surface area (Å²) < 4.78 is 0. The molecule has 0 saturated heterocycles. The number of thioether (sulfide) groups is 1. The molecule has 0 aromatic heterocycles. The van der Waals surface area contributed by atoms with Gasteiger partial charge in [0.15, 0.2) is 0 Å². The summed E-state index contributed by atoms with van der Waals surface area (Å²) >= 11 is 1.90. The third kappa shape index (κ3) is 4.75. The maximum atomic E-state index is 6.11. The van der Waals surface area contributed by atoms with E-state index >= 15 is 0 Å². The summed E-state index contributed by atoms with van der Waals surface area (Å²) in [5.41, 5.74) is 6.34. The van der Waals surface area contributed by atoms with E-state index in [-0.39, 0.29) is 11.5 Å². The summed E-state index contributed by atoms with van der Waals surface area (Å²) in [7, 11) is 2.19. The predicted molar refractivity (Wildman–Crippen MR) is 72.5 cm³/mol. The van der Waals surface area contributed by atoms with Crippen LogP contribution in [0.2, 0.25) is 0 Å². The zero-order valence-electron chi connectivity index (χ0n) is 11.4. The lowest BCUT2D eigenvalue weighted by molar-refractivity contribution is 0.0824. The van der Waals surface area contributed by atoms with Crippen LogP contribution in [-0.4, -0.2) is 42.1 Å². The normalized spacial score (nSPS) is 19.0. The van der Waals surface area contributed by atoms with Crippen LogP contribution in [-0.2, 0) is 0 Å². The number of nitrogens with two attached hydrogens (primary N) is 1. The number of rotatable bonds is 5. The molecule has 0 aliphatic rings.